The van der Waals surface area contributed by atoms with Gasteiger partial charge in [0.1, 0.15) is 6.04 Å². The number of carboxylic acid groups (broad SMARTS) is 1. The van der Waals surface area contributed by atoms with Gasteiger partial charge in [0.15, 0.2) is 0 Å². The van der Waals surface area contributed by atoms with Crippen LogP contribution in [0, 0.1) is 0 Å². The van der Waals surface area contributed by atoms with Gasteiger partial charge in [-0.2, -0.15) is 0 Å². The molecule has 0 aromatic heterocycles. The number of ether oxygens (including phenoxy) is 1. The third kappa shape index (κ3) is 5.04. The first kappa shape index (κ1) is 16.2. The lowest BCUT2D eigenvalue weighted by Crippen LogP contribution is -2.54. The van der Waals surface area contributed by atoms with Gasteiger partial charge in [-0.25, -0.2) is 9.59 Å². The second-order valence-electron chi connectivity index (χ2n) is 5.01. The molecule has 1 heterocycles. The molecule has 1 aliphatic rings. The van der Waals surface area contributed by atoms with Crippen LogP contribution in [-0.4, -0.2) is 59.3 Å². The van der Waals surface area contributed by atoms with Crippen molar-refractivity contribution in [1.82, 2.24) is 10.2 Å². The second-order valence-corrected chi connectivity index (χ2v) is 5.01. The fraction of sp³-hybridized carbons (Fsp3) is 0.750. The van der Waals surface area contributed by atoms with Crippen molar-refractivity contribution in [2.45, 2.75) is 44.9 Å². The highest BCUT2D eigenvalue weighted by Gasteiger charge is 2.28. The molecule has 3 amide bonds. The first-order chi connectivity index (χ1) is 9.29. The Morgan fingerprint density at radius 1 is 1.35 bits per heavy atom. The van der Waals surface area contributed by atoms with Gasteiger partial charge in [0.25, 0.3) is 0 Å². The molecule has 0 aliphatic carbocycles. The summed E-state index contributed by atoms with van der Waals surface area (Å²) in [4.78, 5) is 35.3. The molecule has 8 nitrogen and oxygen atoms in total. The molecular weight excluding hydrogens is 266 g/mol. The lowest BCUT2D eigenvalue weighted by molar-refractivity contribution is -0.139. The van der Waals surface area contributed by atoms with Crippen molar-refractivity contribution in [3.05, 3.63) is 0 Å². The first-order valence-corrected chi connectivity index (χ1v) is 6.51. The van der Waals surface area contributed by atoms with Crippen LogP contribution in [0.15, 0.2) is 0 Å². The molecular formula is C12H21N3O5. The molecule has 1 rings (SSSR count). The monoisotopic (exact) mass is 287 g/mol. The Hall–Kier alpha value is -1.83. The van der Waals surface area contributed by atoms with E-state index in [1.54, 1.807) is 0 Å². The quantitative estimate of drug-likeness (QED) is 0.630. The maximum absolute atomic E-state index is 12.0. The number of carboxylic acids is 1. The second kappa shape index (κ2) is 7.09. The Kier molecular flexibility index (Phi) is 5.75. The van der Waals surface area contributed by atoms with Gasteiger partial charge in [-0.05, 0) is 20.3 Å². The van der Waals surface area contributed by atoms with Crippen LogP contribution in [0.3, 0.4) is 0 Å². The summed E-state index contributed by atoms with van der Waals surface area (Å²) in [6, 6.07) is -1.59. The van der Waals surface area contributed by atoms with Crippen molar-refractivity contribution in [2.24, 2.45) is 5.73 Å². The molecule has 1 fully saturated rings. The number of nitrogens with zero attached hydrogens (tertiary/aromatic N) is 1. The Balaban J connectivity index is 2.56. The van der Waals surface area contributed by atoms with E-state index in [1.165, 1.54) is 4.90 Å². The number of carbonyl (C=O) groups excluding carboxylic acids is 2. The minimum Gasteiger partial charge on any atom is -0.480 e. The van der Waals surface area contributed by atoms with E-state index in [0.717, 1.165) is 0 Å². The molecule has 0 spiro atoms. The normalized spacial score (nSPS) is 24.0. The highest BCUT2D eigenvalue weighted by molar-refractivity contribution is 5.83. The molecule has 8 heteroatoms. The third-order valence-electron chi connectivity index (χ3n) is 2.98. The smallest absolute Gasteiger partial charge is 0.326 e. The van der Waals surface area contributed by atoms with E-state index in [4.69, 9.17) is 15.6 Å². The molecule has 0 saturated carbocycles. The van der Waals surface area contributed by atoms with Crippen LogP contribution < -0.4 is 11.1 Å². The van der Waals surface area contributed by atoms with Crippen molar-refractivity contribution in [3.8, 4) is 0 Å². The highest BCUT2D eigenvalue weighted by Crippen LogP contribution is 2.11. The van der Waals surface area contributed by atoms with E-state index < -0.39 is 23.9 Å². The number of aliphatic carboxylic acids is 1. The number of primary amides is 1. The van der Waals surface area contributed by atoms with Gasteiger partial charge in [0.05, 0.1) is 12.2 Å². The third-order valence-corrected chi connectivity index (χ3v) is 2.98. The summed E-state index contributed by atoms with van der Waals surface area (Å²) in [7, 11) is 0. The molecule has 3 atom stereocenters. The van der Waals surface area contributed by atoms with Crippen LogP contribution in [-0.2, 0) is 14.3 Å². The molecule has 4 N–H and O–H groups in total. The number of rotatable bonds is 5. The maximum Gasteiger partial charge on any atom is 0.326 e. The molecule has 2 unspecified atom stereocenters. The zero-order valence-electron chi connectivity index (χ0n) is 11.7. The van der Waals surface area contributed by atoms with Gasteiger partial charge in [0, 0.05) is 19.5 Å². The molecule has 20 heavy (non-hydrogen) atoms. The zero-order chi connectivity index (χ0) is 15.3. The van der Waals surface area contributed by atoms with Gasteiger partial charge in [-0.15, -0.1) is 0 Å². The summed E-state index contributed by atoms with van der Waals surface area (Å²) in [6.45, 7) is 4.49. The maximum atomic E-state index is 12.0. The molecule has 0 bridgehead atoms. The minimum absolute atomic E-state index is 0.0220. The van der Waals surface area contributed by atoms with Crippen LogP contribution in [0.4, 0.5) is 4.79 Å². The van der Waals surface area contributed by atoms with E-state index in [2.05, 4.69) is 5.32 Å². The number of nitrogens with two attached hydrogens (primary N) is 1. The van der Waals surface area contributed by atoms with Gasteiger partial charge < -0.3 is 25.8 Å². The molecule has 0 aromatic rings. The highest BCUT2D eigenvalue weighted by atomic mass is 16.5. The first-order valence-electron chi connectivity index (χ1n) is 6.51. The molecule has 0 radical (unpaired) electrons. The largest absolute Gasteiger partial charge is 0.480 e. The fourth-order valence-electron chi connectivity index (χ4n) is 2.13. The van der Waals surface area contributed by atoms with Crippen molar-refractivity contribution in [3.63, 3.8) is 0 Å². The Labute approximate surface area is 117 Å². The van der Waals surface area contributed by atoms with Crippen LogP contribution >= 0.6 is 0 Å². The standard InChI is InChI=1S/C12H21N3O5/c1-7-5-15(6-8(2)20-7)12(19)14-9(11(17)18)3-4-10(13)16/h7-9H,3-6H2,1-2H3,(H2,13,16)(H,14,19)(H,17,18)/t7?,8?,9-/m0/s1. The van der Waals surface area contributed by atoms with E-state index in [-0.39, 0.29) is 25.0 Å². The van der Waals surface area contributed by atoms with Crippen molar-refractivity contribution in [2.75, 3.05) is 13.1 Å². The van der Waals surface area contributed by atoms with Gasteiger partial charge in [0.2, 0.25) is 5.91 Å². The van der Waals surface area contributed by atoms with Gasteiger partial charge in [-0.3, -0.25) is 4.79 Å². The van der Waals surface area contributed by atoms with Gasteiger partial charge >= 0.3 is 12.0 Å². The number of morpholine rings is 1. The number of urea groups is 1. The van der Waals surface area contributed by atoms with Crippen LogP contribution in [0.25, 0.3) is 0 Å². The lowest BCUT2D eigenvalue weighted by Gasteiger charge is -2.35. The average molecular weight is 287 g/mol. The average Bonchev–Trinajstić information content (AvgIpc) is 2.32. The van der Waals surface area contributed by atoms with E-state index in [1.807, 2.05) is 13.8 Å². The molecule has 0 aromatic carbocycles. The topological polar surface area (TPSA) is 122 Å². The zero-order valence-corrected chi connectivity index (χ0v) is 11.7. The summed E-state index contributed by atoms with van der Waals surface area (Å²) >= 11 is 0. The summed E-state index contributed by atoms with van der Waals surface area (Å²) in [6.07, 6.45) is -0.309. The number of hydrogen-bond acceptors (Lipinski definition) is 4. The number of amides is 3. The van der Waals surface area contributed by atoms with Crippen LogP contribution in [0.1, 0.15) is 26.7 Å². The Morgan fingerprint density at radius 3 is 2.35 bits per heavy atom. The SMILES string of the molecule is CC1CN(C(=O)N[C@@H](CCC(N)=O)C(=O)O)CC(C)O1. The van der Waals surface area contributed by atoms with Gasteiger partial charge in [-0.1, -0.05) is 0 Å². The number of carbonyl (C=O) groups is 3. The van der Waals surface area contributed by atoms with Crippen molar-refractivity contribution < 1.29 is 24.2 Å². The summed E-state index contributed by atoms with van der Waals surface area (Å²) in [5, 5.41) is 11.4. The summed E-state index contributed by atoms with van der Waals surface area (Å²) in [5.41, 5.74) is 4.98. The Morgan fingerprint density at radius 2 is 1.90 bits per heavy atom. The molecule has 1 saturated heterocycles. The predicted octanol–water partition coefficient (Wildman–Crippen LogP) is -0.476. The van der Waals surface area contributed by atoms with Crippen molar-refractivity contribution >= 4 is 17.9 Å². The minimum atomic E-state index is -1.19. The molecule has 114 valence electrons. The Bertz CT molecular complexity index is 377. The van der Waals surface area contributed by atoms with E-state index in [0.29, 0.717) is 13.1 Å². The fourth-order valence-corrected chi connectivity index (χ4v) is 2.13. The summed E-state index contributed by atoms with van der Waals surface area (Å²) in [5.74, 6) is -1.78. The van der Waals surface area contributed by atoms with Crippen LogP contribution in [0.2, 0.25) is 0 Å². The molecule has 1 aliphatic heterocycles. The summed E-state index contributed by atoms with van der Waals surface area (Å²) < 4.78 is 5.50. The van der Waals surface area contributed by atoms with E-state index >= 15 is 0 Å². The van der Waals surface area contributed by atoms with E-state index in [9.17, 15) is 14.4 Å². The lowest BCUT2D eigenvalue weighted by atomic mass is 10.1. The number of hydrogen-bond donors (Lipinski definition) is 3. The number of nitrogens with one attached hydrogen (secondary N) is 1. The predicted molar refractivity (Wildman–Crippen MR) is 70.0 cm³/mol. The van der Waals surface area contributed by atoms with Crippen LogP contribution in [0.5, 0.6) is 0 Å². The van der Waals surface area contributed by atoms with Crippen molar-refractivity contribution in [1.29, 1.82) is 0 Å².